The second-order valence-electron chi connectivity index (χ2n) is 8.10. The largest absolute Gasteiger partial charge is 0.464 e. The average molecular weight is 340 g/mol. The van der Waals surface area contributed by atoms with Gasteiger partial charge in [0.05, 0.1) is 12.7 Å². The van der Waals surface area contributed by atoms with Crippen molar-refractivity contribution in [2.75, 3.05) is 0 Å². The summed E-state index contributed by atoms with van der Waals surface area (Å²) in [5, 5.41) is 4.39. The van der Waals surface area contributed by atoms with Crippen molar-refractivity contribution < 1.29 is 9.21 Å². The molecule has 3 N–H and O–H groups in total. The van der Waals surface area contributed by atoms with Crippen LogP contribution in [0, 0.1) is 25.7 Å². The molecule has 2 saturated carbocycles. The summed E-state index contributed by atoms with van der Waals surface area (Å²) in [7, 11) is 0. The number of hydrogen-bond acceptors (Lipinski definition) is 3. The molecule has 0 radical (unpaired) electrons. The molecule has 1 aromatic heterocycles. The summed E-state index contributed by atoms with van der Waals surface area (Å²) in [6.45, 7) is 4.15. The molecule has 2 aromatic rings. The number of rotatable bonds is 3. The lowest BCUT2D eigenvalue weighted by molar-refractivity contribution is -0.122. The molecule has 2 fully saturated rings. The van der Waals surface area contributed by atoms with E-state index in [2.05, 4.69) is 31.3 Å². The van der Waals surface area contributed by atoms with Gasteiger partial charge in [-0.1, -0.05) is 18.6 Å². The van der Waals surface area contributed by atoms with Crippen molar-refractivity contribution >= 4 is 16.9 Å². The fourth-order valence-electron chi connectivity index (χ4n) is 4.96. The van der Waals surface area contributed by atoms with Crippen LogP contribution in [0.1, 0.15) is 48.8 Å². The van der Waals surface area contributed by atoms with Crippen molar-refractivity contribution in [1.29, 1.82) is 0 Å². The molecule has 0 spiro atoms. The van der Waals surface area contributed by atoms with Gasteiger partial charge in [0.25, 0.3) is 0 Å². The van der Waals surface area contributed by atoms with E-state index in [0.717, 1.165) is 34.9 Å². The number of aryl methyl sites for hydroxylation is 2. The Labute approximate surface area is 149 Å². The van der Waals surface area contributed by atoms with E-state index in [9.17, 15) is 4.79 Å². The Hall–Kier alpha value is -1.81. The Morgan fingerprint density at radius 2 is 1.96 bits per heavy atom. The lowest BCUT2D eigenvalue weighted by Crippen LogP contribution is -2.54. The van der Waals surface area contributed by atoms with E-state index in [0.29, 0.717) is 30.3 Å². The van der Waals surface area contributed by atoms with E-state index in [1.165, 1.54) is 24.8 Å². The predicted octanol–water partition coefficient (Wildman–Crippen LogP) is 3.61. The van der Waals surface area contributed by atoms with Crippen LogP contribution in [0.2, 0.25) is 0 Å². The molecule has 1 amide bonds. The highest BCUT2D eigenvalue weighted by Gasteiger charge is 2.39. The summed E-state index contributed by atoms with van der Waals surface area (Å²) in [6, 6.07) is 4.79. The van der Waals surface area contributed by atoms with Gasteiger partial charge in [0.15, 0.2) is 0 Å². The number of hydrogen-bond donors (Lipinski definition) is 2. The van der Waals surface area contributed by atoms with Gasteiger partial charge in [-0.3, -0.25) is 4.79 Å². The first-order chi connectivity index (χ1) is 12.0. The van der Waals surface area contributed by atoms with Crippen LogP contribution in [0.25, 0.3) is 11.0 Å². The maximum absolute atomic E-state index is 12.7. The van der Waals surface area contributed by atoms with Crippen LogP contribution >= 0.6 is 0 Å². The number of carbonyl (C=O) groups is 1. The minimum absolute atomic E-state index is 0.110. The minimum Gasteiger partial charge on any atom is -0.464 e. The second kappa shape index (κ2) is 6.49. The maximum Gasteiger partial charge on any atom is 0.224 e. The van der Waals surface area contributed by atoms with Crippen LogP contribution < -0.4 is 11.1 Å². The molecule has 4 rings (SSSR count). The van der Waals surface area contributed by atoms with Gasteiger partial charge in [0.2, 0.25) is 5.91 Å². The zero-order valence-electron chi connectivity index (χ0n) is 15.2. The first-order valence-corrected chi connectivity index (χ1v) is 9.54. The number of amides is 1. The average Bonchev–Trinajstić information content (AvgIpc) is 2.95. The van der Waals surface area contributed by atoms with Gasteiger partial charge in [0, 0.05) is 23.0 Å². The Morgan fingerprint density at radius 3 is 2.68 bits per heavy atom. The number of carbonyl (C=O) groups excluding carboxylic acids is 1. The van der Waals surface area contributed by atoms with Crippen molar-refractivity contribution in [3.8, 4) is 0 Å². The van der Waals surface area contributed by atoms with Crippen LogP contribution in [-0.2, 0) is 11.2 Å². The zero-order valence-corrected chi connectivity index (χ0v) is 15.2. The van der Waals surface area contributed by atoms with Crippen molar-refractivity contribution in [2.24, 2.45) is 17.6 Å². The molecule has 0 aliphatic heterocycles. The highest BCUT2D eigenvalue weighted by Crippen LogP contribution is 2.39. The molecule has 2 atom stereocenters. The number of benzene rings is 1. The normalized spacial score (nSPS) is 28.9. The maximum atomic E-state index is 12.7. The van der Waals surface area contributed by atoms with Crippen LogP contribution in [0.3, 0.4) is 0 Å². The fourth-order valence-corrected chi connectivity index (χ4v) is 4.96. The molecule has 2 bridgehead atoms. The van der Waals surface area contributed by atoms with Crippen LogP contribution in [-0.4, -0.2) is 18.0 Å². The van der Waals surface area contributed by atoms with E-state index in [-0.39, 0.29) is 5.91 Å². The Balaban J connectivity index is 1.49. The van der Waals surface area contributed by atoms with Crippen molar-refractivity contribution in [2.45, 2.75) is 64.5 Å². The van der Waals surface area contributed by atoms with Crippen molar-refractivity contribution in [3.05, 3.63) is 35.1 Å². The lowest BCUT2D eigenvalue weighted by Gasteiger charge is -2.45. The van der Waals surface area contributed by atoms with Gasteiger partial charge in [-0.2, -0.15) is 0 Å². The summed E-state index contributed by atoms with van der Waals surface area (Å²) in [5.74, 6) is 1.22. The topological polar surface area (TPSA) is 68.3 Å². The quantitative estimate of drug-likeness (QED) is 0.897. The molecule has 134 valence electrons. The van der Waals surface area contributed by atoms with Crippen LogP contribution in [0.5, 0.6) is 0 Å². The first-order valence-electron chi connectivity index (χ1n) is 9.54. The molecule has 1 aromatic carbocycles. The lowest BCUT2D eigenvalue weighted by atomic mass is 9.67. The Bertz CT molecular complexity index is 781. The smallest absolute Gasteiger partial charge is 0.224 e. The first kappa shape index (κ1) is 16.6. The number of fused-ring (bicyclic) bond motifs is 3. The minimum atomic E-state index is 0.110. The predicted molar refractivity (Wildman–Crippen MR) is 99.4 cm³/mol. The summed E-state index contributed by atoms with van der Waals surface area (Å²) >= 11 is 0. The highest BCUT2D eigenvalue weighted by atomic mass is 16.3. The molecular weight excluding hydrogens is 312 g/mol. The van der Waals surface area contributed by atoms with Crippen LogP contribution in [0.4, 0.5) is 0 Å². The summed E-state index contributed by atoms with van der Waals surface area (Å²) in [4.78, 5) is 12.7. The zero-order chi connectivity index (χ0) is 17.6. The van der Waals surface area contributed by atoms with Gasteiger partial charge in [0.1, 0.15) is 5.58 Å². The molecule has 25 heavy (non-hydrogen) atoms. The van der Waals surface area contributed by atoms with Gasteiger partial charge in [-0.25, -0.2) is 0 Å². The molecule has 4 heteroatoms. The van der Waals surface area contributed by atoms with Gasteiger partial charge in [-0.05, 0) is 62.5 Å². The number of furan rings is 1. The standard InChI is InChI=1S/C21H28N2O2/c1-12-6-7-18-16(11-25-21(18)13(12)2)10-19(24)23-20-14-4-3-5-15(20)9-17(22)8-14/h6-7,11,14-15,17,20H,3-5,8-10,22H2,1-2H3,(H,23,24). The summed E-state index contributed by atoms with van der Waals surface area (Å²) < 4.78 is 5.74. The van der Waals surface area contributed by atoms with E-state index in [4.69, 9.17) is 10.2 Å². The third-order valence-corrected chi connectivity index (χ3v) is 6.40. The molecule has 4 nitrogen and oxygen atoms in total. The molecular formula is C21H28N2O2. The SMILES string of the molecule is Cc1ccc2c(CC(=O)NC3C4CCCC3CC(N)C4)coc2c1C. The summed E-state index contributed by atoms with van der Waals surface area (Å²) in [6.07, 6.45) is 7.90. The van der Waals surface area contributed by atoms with Crippen LogP contribution in [0.15, 0.2) is 22.8 Å². The molecule has 2 aliphatic carbocycles. The molecule has 2 aliphatic rings. The van der Waals surface area contributed by atoms with E-state index >= 15 is 0 Å². The number of nitrogens with one attached hydrogen (secondary N) is 1. The van der Waals surface area contributed by atoms with Gasteiger partial charge < -0.3 is 15.5 Å². The molecule has 1 heterocycles. The van der Waals surface area contributed by atoms with E-state index < -0.39 is 0 Å². The summed E-state index contributed by atoms with van der Waals surface area (Å²) in [5.41, 5.74) is 10.4. The van der Waals surface area contributed by atoms with E-state index in [1.54, 1.807) is 6.26 Å². The van der Waals surface area contributed by atoms with E-state index in [1.807, 2.05) is 0 Å². The second-order valence-corrected chi connectivity index (χ2v) is 8.10. The third-order valence-electron chi connectivity index (χ3n) is 6.40. The number of nitrogens with two attached hydrogens (primary N) is 1. The monoisotopic (exact) mass is 340 g/mol. The Kier molecular flexibility index (Phi) is 4.32. The molecule has 0 saturated heterocycles. The highest BCUT2D eigenvalue weighted by molar-refractivity contribution is 5.89. The van der Waals surface area contributed by atoms with Gasteiger partial charge in [-0.15, -0.1) is 0 Å². The van der Waals surface area contributed by atoms with Gasteiger partial charge >= 0.3 is 0 Å². The Morgan fingerprint density at radius 1 is 1.24 bits per heavy atom. The third kappa shape index (κ3) is 3.08. The fraction of sp³-hybridized carbons (Fsp3) is 0.571. The molecule has 2 unspecified atom stereocenters. The van der Waals surface area contributed by atoms with Crippen molar-refractivity contribution in [1.82, 2.24) is 5.32 Å². The van der Waals surface area contributed by atoms with Crippen molar-refractivity contribution in [3.63, 3.8) is 0 Å².